The molecule has 1 aliphatic rings. The van der Waals surface area contributed by atoms with Crippen LogP contribution in [-0.4, -0.2) is 41.0 Å². The van der Waals surface area contributed by atoms with E-state index in [0.29, 0.717) is 17.1 Å². The van der Waals surface area contributed by atoms with Crippen LogP contribution >= 0.6 is 23.1 Å². The molecule has 1 aliphatic heterocycles. The Labute approximate surface area is 159 Å². The second-order valence-electron chi connectivity index (χ2n) is 6.00. The van der Waals surface area contributed by atoms with Gasteiger partial charge < -0.3 is 14.1 Å². The van der Waals surface area contributed by atoms with Crippen LogP contribution in [0.1, 0.15) is 38.2 Å². The van der Waals surface area contributed by atoms with E-state index >= 15 is 0 Å². The number of Topliss-reactive ketones (excluding diaryl/α,β-unsaturated/α-hetero) is 1. The number of rotatable bonds is 5. The molecule has 3 heterocycles. The number of nitrogens with zero attached hydrogens (tertiary/aromatic N) is 1. The molecule has 2 aromatic rings. The Morgan fingerprint density at radius 2 is 2.12 bits per heavy atom. The Balaban J connectivity index is 1.66. The number of thioether (sulfide) groups is 1. The van der Waals surface area contributed by atoms with Gasteiger partial charge in [-0.25, -0.2) is 4.79 Å². The predicted octanol–water partition coefficient (Wildman–Crippen LogP) is 3.35. The highest BCUT2D eigenvalue weighted by Gasteiger charge is 2.43. The summed E-state index contributed by atoms with van der Waals surface area (Å²) in [5.41, 5.74) is 0.581. The zero-order valence-electron chi connectivity index (χ0n) is 14.7. The van der Waals surface area contributed by atoms with Gasteiger partial charge >= 0.3 is 5.97 Å². The number of carbonyl (C=O) groups excluding carboxylic acids is 3. The Morgan fingerprint density at radius 1 is 1.35 bits per heavy atom. The van der Waals surface area contributed by atoms with E-state index in [9.17, 15) is 14.4 Å². The van der Waals surface area contributed by atoms with Crippen LogP contribution in [0.15, 0.2) is 28.9 Å². The van der Waals surface area contributed by atoms with Crippen LogP contribution in [0.5, 0.6) is 0 Å². The summed E-state index contributed by atoms with van der Waals surface area (Å²) in [6.45, 7) is 4.88. The van der Waals surface area contributed by atoms with Gasteiger partial charge in [0.05, 0.1) is 6.26 Å². The van der Waals surface area contributed by atoms with Gasteiger partial charge in [0.15, 0.2) is 6.61 Å². The number of ether oxygens (including phenoxy) is 1. The number of ketones is 1. The maximum atomic E-state index is 12.5. The maximum absolute atomic E-state index is 12.5. The predicted molar refractivity (Wildman–Crippen MR) is 99.3 cm³/mol. The molecular weight excluding hydrogens is 374 g/mol. The lowest BCUT2D eigenvalue weighted by Crippen LogP contribution is -2.43. The molecule has 0 spiro atoms. The highest BCUT2D eigenvalue weighted by molar-refractivity contribution is 7.99. The van der Waals surface area contributed by atoms with Gasteiger partial charge in [-0.05, 0) is 32.0 Å². The van der Waals surface area contributed by atoms with Gasteiger partial charge in [-0.2, -0.15) is 0 Å². The maximum Gasteiger partial charge on any atom is 0.330 e. The quantitative estimate of drug-likeness (QED) is 0.573. The number of amides is 1. The molecule has 0 saturated carbocycles. The number of aryl methyl sites for hydroxylation is 2. The molecule has 0 radical (unpaired) electrons. The first-order valence-corrected chi connectivity index (χ1v) is 9.95. The van der Waals surface area contributed by atoms with Crippen molar-refractivity contribution in [2.24, 2.45) is 0 Å². The second kappa shape index (κ2) is 7.67. The molecule has 1 amide bonds. The number of thiophene rings is 1. The average Bonchev–Trinajstić information content (AvgIpc) is 3.30. The van der Waals surface area contributed by atoms with E-state index in [2.05, 4.69) is 0 Å². The Bertz CT molecular complexity index is 827. The minimum absolute atomic E-state index is 0.234. The van der Waals surface area contributed by atoms with E-state index in [4.69, 9.17) is 9.15 Å². The van der Waals surface area contributed by atoms with Gasteiger partial charge in [-0.1, -0.05) is 0 Å². The Morgan fingerprint density at radius 3 is 2.69 bits per heavy atom. The van der Waals surface area contributed by atoms with Crippen LogP contribution in [0.2, 0.25) is 0 Å². The van der Waals surface area contributed by atoms with Crippen molar-refractivity contribution in [3.8, 4) is 0 Å². The van der Waals surface area contributed by atoms with Crippen molar-refractivity contribution < 1.29 is 23.5 Å². The lowest BCUT2D eigenvalue weighted by Gasteiger charge is -2.25. The molecule has 0 N–H and O–H groups in total. The first-order valence-electron chi connectivity index (χ1n) is 8.09. The van der Waals surface area contributed by atoms with E-state index in [1.807, 2.05) is 13.8 Å². The lowest BCUT2D eigenvalue weighted by atomic mass is 10.2. The zero-order chi connectivity index (χ0) is 18.8. The average molecular weight is 393 g/mol. The monoisotopic (exact) mass is 393 g/mol. The summed E-state index contributed by atoms with van der Waals surface area (Å²) in [4.78, 5) is 40.3. The highest BCUT2D eigenvalue weighted by atomic mass is 32.2. The molecule has 1 fully saturated rings. The fourth-order valence-corrected chi connectivity index (χ4v) is 5.30. The van der Waals surface area contributed by atoms with E-state index < -0.39 is 12.0 Å². The summed E-state index contributed by atoms with van der Waals surface area (Å²) in [6, 6.07) is 4.58. The normalized spacial score (nSPS) is 19.6. The molecular formula is C18H19NO5S2. The van der Waals surface area contributed by atoms with Crippen LogP contribution in [0, 0.1) is 13.8 Å². The summed E-state index contributed by atoms with van der Waals surface area (Å²) in [7, 11) is 0. The summed E-state index contributed by atoms with van der Waals surface area (Å²) in [5.74, 6) is -0.0355. The molecule has 26 heavy (non-hydrogen) atoms. The number of hydrogen-bond acceptors (Lipinski definition) is 7. The van der Waals surface area contributed by atoms with Gasteiger partial charge in [0.25, 0.3) is 0 Å². The molecule has 6 nitrogen and oxygen atoms in total. The molecule has 0 aromatic carbocycles. The smallest absolute Gasteiger partial charge is 0.330 e. The van der Waals surface area contributed by atoms with E-state index in [-0.39, 0.29) is 23.7 Å². The summed E-state index contributed by atoms with van der Waals surface area (Å²) >= 11 is 2.97. The van der Waals surface area contributed by atoms with Crippen molar-refractivity contribution in [3.05, 3.63) is 45.5 Å². The van der Waals surface area contributed by atoms with Crippen molar-refractivity contribution in [1.82, 2.24) is 4.90 Å². The molecule has 2 aromatic heterocycles. The van der Waals surface area contributed by atoms with Crippen LogP contribution in [-0.2, 0) is 14.3 Å². The van der Waals surface area contributed by atoms with Gasteiger partial charge in [0.2, 0.25) is 11.7 Å². The zero-order valence-corrected chi connectivity index (χ0v) is 16.3. The first-order chi connectivity index (χ1) is 12.4. The summed E-state index contributed by atoms with van der Waals surface area (Å²) < 4.78 is 10.6. The van der Waals surface area contributed by atoms with Crippen LogP contribution in [0.3, 0.4) is 0 Å². The van der Waals surface area contributed by atoms with Gasteiger partial charge in [-0.15, -0.1) is 23.1 Å². The van der Waals surface area contributed by atoms with Crippen molar-refractivity contribution in [2.75, 3.05) is 12.4 Å². The standard InChI is InChI=1S/C18H19NO5S2/c1-10-7-13(11(2)26-10)15(21)8-24-18(22)14-9-25-17(19(14)12(3)20)16-5-4-6-23-16/h4-7,14,17H,8-9H2,1-3H3/t14-,17+/m0/s1. The molecule has 1 saturated heterocycles. The molecule has 0 unspecified atom stereocenters. The fourth-order valence-electron chi connectivity index (χ4n) is 2.94. The molecule has 2 atom stereocenters. The first kappa shape index (κ1) is 18.7. The van der Waals surface area contributed by atoms with Gasteiger partial charge in [0, 0.05) is 28.0 Å². The Kier molecular flexibility index (Phi) is 5.52. The topological polar surface area (TPSA) is 76.8 Å². The van der Waals surface area contributed by atoms with Crippen molar-refractivity contribution >= 4 is 40.8 Å². The minimum Gasteiger partial charge on any atom is -0.466 e. The van der Waals surface area contributed by atoms with Crippen LogP contribution in [0.4, 0.5) is 0 Å². The number of carbonyl (C=O) groups is 3. The number of esters is 1. The molecule has 0 bridgehead atoms. The largest absolute Gasteiger partial charge is 0.466 e. The third kappa shape index (κ3) is 3.71. The van der Waals surface area contributed by atoms with Gasteiger partial charge in [0.1, 0.15) is 17.2 Å². The molecule has 138 valence electrons. The van der Waals surface area contributed by atoms with Crippen molar-refractivity contribution in [2.45, 2.75) is 32.2 Å². The SMILES string of the molecule is CC(=O)N1[C@@H](c2ccco2)SC[C@H]1C(=O)OCC(=O)c1cc(C)sc1C. The summed E-state index contributed by atoms with van der Waals surface area (Å²) in [6.07, 6.45) is 1.53. The number of furan rings is 1. The number of hydrogen-bond donors (Lipinski definition) is 0. The van der Waals surface area contributed by atoms with E-state index in [1.54, 1.807) is 18.2 Å². The molecule has 0 aliphatic carbocycles. The third-order valence-corrected chi connectivity index (χ3v) is 6.36. The summed E-state index contributed by atoms with van der Waals surface area (Å²) in [5, 5.41) is -0.363. The van der Waals surface area contributed by atoms with E-state index in [0.717, 1.165) is 9.75 Å². The van der Waals surface area contributed by atoms with Gasteiger partial charge in [-0.3, -0.25) is 9.59 Å². The minimum atomic E-state index is -0.731. The second-order valence-corrected chi connectivity index (χ2v) is 8.57. The van der Waals surface area contributed by atoms with Crippen LogP contribution in [0.25, 0.3) is 0 Å². The van der Waals surface area contributed by atoms with Crippen molar-refractivity contribution in [1.29, 1.82) is 0 Å². The molecule has 8 heteroatoms. The highest BCUT2D eigenvalue weighted by Crippen LogP contribution is 2.41. The van der Waals surface area contributed by atoms with Crippen LogP contribution < -0.4 is 0 Å². The third-order valence-electron chi connectivity index (χ3n) is 4.11. The lowest BCUT2D eigenvalue weighted by molar-refractivity contribution is -0.152. The van der Waals surface area contributed by atoms with E-state index in [1.165, 1.54) is 41.2 Å². The fraction of sp³-hybridized carbons (Fsp3) is 0.389. The molecule has 3 rings (SSSR count). The Hall–Kier alpha value is -2.06. The van der Waals surface area contributed by atoms with Crippen molar-refractivity contribution in [3.63, 3.8) is 0 Å².